The average Bonchev–Trinajstić information content (AvgIpc) is 3.01. The Bertz CT molecular complexity index is 1110. The van der Waals surface area contributed by atoms with Crippen molar-refractivity contribution in [1.82, 2.24) is 9.88 Å². The first-order valence-electron chi connectivity index (χ1n) is 10.1. The maximum Gasteiger partial charge on any atom is 0.125 e. The van der Waals surface area contributed by atoms with Crippen molar-refractivity contribution in [3.8, 4) is 5.75 Å². The van der Waals surface area contributed by atoms with E-state index in [1.165, 1.54) is 12.1 Å². The first kappa shape index (κ1) is 18.4. The highest BCUT2D eigenvalue weighted by atomic mass is 19.1. The van der Waals surface area contributed by atoms with Crippen LogP contribution in [-0.4, -0.2) is 45.3 Å². The van der Waals surface area contributed by atoms with Gasteiger partial charge in [-0.2, -0.15) is 0 Å². The van der Waals surface area contributed by atoms with Crippen molar-refractivity contribution in [3.63, 3.8) is 0 Å². The maximum absolute atomic E-state index is 13.8. The van der Waals surface area contributed by atoms with E-state index in [1.807, 2.05) is 18.2 Å². The van der Waals surface area contributed by atoms with E-state index in [-0.39, 0.29) is 11.6 Å². The monoisotopic (exact) mass is 392 g/mol. The Morgan fingerprint density at radius 1 is 1.21 bits per heavy atom. The lowest BCUT2D eigenvalue weighted by Gasteiger charge is -2.56. The number of phenols is 1. The number of rotatable bonds is 3. The molecule has 0 spiro atoms. The molecule has 3 N–H and O–H groups in total. The fourth-order valence-corrected chi connectivity index (χ4v) is 5.55. The summed E-state index contributed by atoms with van der Waals surface area (Å²) in [7, 11) is 0. The molecule has 1 aromatic heterocycles. The molecule has 0 radical (unpaired) electrons. The van der Waals surface area contributed by atoms with E-state index in [1.54, 1.807) is 18.2 Å². The lowest BCUT2D eigenvalue weighted by atomic mass is 9.56. The summed E-state index contributed by atoms with van der Waals surface area (Å²) in [5.41, 5.74) is 2.32. The van der Waals surface area contributed by atoms with Gasteiger partial charge < -0.3 is 15.2 Å². The summed E-state index contributed by atoms with van der Waals surface area (Å²) in [5, 5.41) is 23.2. The topological polar surface area (TPSA) is 59.5 Å². The summed E-state index contributed by atoms with van der Waals surface area (Å²) in [5.74, 6) is -0.0654. The molecule has 29 heavy (non-hydrogen) atoms. The van der Waals surface area contributed by atoms with E-state index in [9.17, 15) is 14.6 Å². The number of nitrogens with zero attached hydrogens (tertiary/aromatic N) is 1. The van der Waals surface area contributed by atoms with Crippen molar-refractivity contribution < 1.29 is 14.6 Å². The molecule has 2 atom stereocenters. The molecule has 3 aromatic rings. The summed E-state index contributed by atoms with van der Waals surface area (Å²) in [4.78, 5) is 5.64. The zero-order valence-corrected chi connectivity index (χ0v) is 16.3. The summed E-state index contributed by atoms with van der Waals surface area (Å²) in [6.45, 7) is 5.95. The predicted octanol–water partition coefficient (Wildman–Crippen LogP) is 3.67. The number of aromatic hydroxyl groups is 1. The number of fused-ring (bicyclic) bond motifs is 4. The molecule has 5 rings (SSSR count). The molecule has 4 nitrogen and oxygen atoms in total. The van der Waals surface area contributed by atoms with E-state index in [0.717, 1.165) is 47.2 Å². The highest BCUT2D eigenvalue weighted by Gasteiger charge is 2.57. The Labute approximate surface area is 169 Å². The van der Waals surface area contributed by atoms with Crippen LogP contribution < -0.4 is 0 Å². The number of hydrogen-bond acceptors (Lipinski definition) is 3. The molecule has 0 saturated carbocycles. The molecule has 0 bridgehead atoms. The lowest BCUT2D eigenvalue weighted by molar-refractivity contribution is -0.100. The van der Waals surface area contributed by atoms with E-state index >= 15 is 0 Å². The largest absolute Gasteiger partial charge is 0.508 e. The van der Waals surface area contributed by atoms with Gasteiger partial charge in [0.15, 0.2) is 0 Å². The quantitative estimate of drug-likeness (QED) is 0.596. The molecule has 150 valence electrons. The van der Waals surface area contributed by atoms with Crippen LogP contribution in [0.25, 0.3) is 10.9 Å². The van der Waals surface area contributed by atoms with E-state index < -0.39 is 11.0 Å². The number of aromatic amines is 1. The number of likely N-dealkylation sites (tertiary alicyclic amines) is 1. The second kappa shape index (κ2) is 6.44. The van der Waals surface area contributed by atoms with Crippen LogP contribution in [0, 0.1) is 5.82 Å². The summed E-state index contributed by atoms with van der Waals surface area (Å²) in [6, 6.07) is 12.1. The van der Waals surface area contributed by atoms with Crippen LogP contribution >= 0.6 is 0 Å². The highest BCUT2D eigenvalue weighted by Crippen LogP contribution is 2.51. The lowest BCUT2D eigenvalue weighted by Crippen LogP contribution is -2.66. The van der Waals surface area contributed by atoms with Crippen LogP contribution in [0.1, 0.15) is 23.2 Å². The molecule has 1 aliphatic heterocycles. The molecular weight excluding hydrogens is 367 g/mol. The molecule has 5 heteroatoms. The third-order valence-corrected chi connectivity index (χ3v) is 6.92. The van der Waals surface area contributed by atoms with Crippen molar-refractivity contribution in [2.75, 3.05) is 19.6 Å². The van der Waals surface area contributed by atoms with E-state index in [0.29, 0.717) is 19.4 Å². The van der Waals surface area contributed by atoms with Crippen LogP contribution in [0.4, 0.5) is 4.39 Å². The zero-order chi connectivity index (χ0) is 20.2. The van der Waals surface area contributed by atoms with Gasteiger partial charge in [-0.3, -0.25) is 4.90 Å². The zero-order valence-electron chi connectivity index (χ0n) is 16.3. The SMILES string of the molecule is C=CCN1CCC2(c3cccc(O)c3)Cc3[nH]c4cc(F)ccc4c3CC2(O)C1. The number of hydrogen-bond donors (Lipinski definition) is 3. The van der Waals surface area contributed by atoms with Crippen molar-refractivity contribution in [2.24, 2.45) is 0 Å². The van der Waals surface area contributed by atoms with Crippen LogP contribution in [0.3, 0.4) is 0 Å². The Hall–Kier alpha value is -2.63. The first-order chi connectivity index (χ1) is 13.9. The van der Waals surface area contributed by atoms with Gasteiger partial charge in [0.2, 0.25) is 0 Å². The molecular formula is C24H25FN2O2. The van der Waals surface area contributed by atoms with Gasteiger partial charge in [-0.15, -0.1) is 6.58 Å². The summed E-state index contributed by atoms with van der Waals surface area (Å²) < 4.78 is 13.8. The maximum atomic E-state index is 13.8. The number of halogens is 1. The highest BCUT2D eigenvalue weighted by molar-refractivity contribution is 5.85. The van der Waals surface area contributed by atoms with Crippen LogP contribution in [0.15, 0.2) is 55.1 Å². The molecule has 1 fully saturated rings. The second-order valence-electron chi connectivity index (χ2n) is 8.56. The van der Waals surface area contributed by atoms with Gasteiger partial charge in [-0.1, -0.05) is 18.2 Å². The smallest absolute Gasteiger partial charge is 0.125 e. The molecule has 2 aliphatic rings. The molecule has 1 saturated heterocycles. The number of β-amino-alcohol motifs (C(OH)–C–C–N with tert-alkyl or cyclic N) is 1. The van der Waals surface area contributed by atoms with Crippen molar-refractivity contribution in [2.45, 2.75) is 30.3 Å². The first-order valence-corrected chi connectivity index (χ1v) is 10.1. The van der Waals surface area contributed by atoms with Crippen LogP contribution in [-0.2, 0) is 18.3 Å². The Morgan fingerprint density at radius 2 is 2.07 bits per heavy atom. The average molecular weight is 392 g/mol. The molecule has 0 amide bonds. The minimum absolute atomic E-state index is 0.206. The van der Waals surface area contributed by atoms with Gasteiger partial charge >= 0.3 is 0 Å². The third-order valence-electron chi connectivity index (χ3n) is 6.92. The Kier molecular flexibility index (Phi) is 4.09. The van der Waals surface area contributed by atoms with Gasteiger partial charge in [0.05, 0.1) is 5.60 Å². The van der Waals surface area contributed by atoms with Crippen molar-refractivity contribution in [1.29, 1.82) is 0 Å². The number of phenolic OH excluding ortho intramolecular Hbond substituents is 1. The number of aromatic nitrogens is 1. The second-order valence-corrected chi connectivity index (χ2v) is 8.56. The minimum Gasteiger partial charge on any atom is -0.508 e. The summed E-state index contributed by atoms with van der Waals surface area (Å²) >= 11 is 0. The number of H-pyrrole nitrogens is 1. The van der Waals surface area contributed by atoms with E-state index in [4.69, 9.17) is 0 Å². The predicted molar refractivity (Wildman–Crippen MR) is 112 cm³/mol. The minimum atomic E-state index is -1.00. The fraction of sp³-hybridized carbons (Fsp3) is 0.333. The number of nitrogens with one attached hydrogen (secondary N) is 1. The van der Waals surface area contributed by atoms with E-state index in [2.05, 4.69) is 16.5 Å². The Balaban J connectivity index is 1.69. The number of aliphatic hydroxyl groups is 1. The summed E-state index contributed by atoms with van der Waals surface area (Å²) in [6.07, 6.45) is 3.75. The van der Waals surface area contributed by atoms with Gasteiger partial charge in [0, 0.05) is 47.9 Å². The standard InChI is InChI=1S/C24H25FN2O2/c1-2-9-27-10-8-23(16-4-3-5-18(28)11-16)14-22-20(13-24(23,29)15-27)19-7-6-17(25)12-21(19)26-22/h2-7,11-12,26,28-29H,1,8-10,13-15H2. The fourth-order valence-electron chi connectivity index (χ4n) is 5.55. The molecule has 2 aromatic carbocycles. The Morgan fingerprint density at radius 3 is 2.86 bits per heavy atom. The van der Waals surface area contributed by atoms with Gasteiger partial charge in [-0.05, 0) is 54.4 Å². The molecule has 2 unspecified atom stereocenters. The normalized spacial score (nSPS) is 26.8. The van der Waals surface area contributed by atoms with Crippen LogP contribution in [0.5, 0.6) is 5.75 Å². The molecule has 2 heterocycles. The van der Waals surface area contributed by atoms with Crippen molar-refractivity contribution >= 4 is 10.9 Å². The number of benzene rings is 2. The van der Waals surface area contributed by atoms with Gasteiger partial charge in [0.25, 0.3) is 0 Å². The van der Waals surface area contributed by atoms with Crippen LogP contribution in [0.2, 0.25) is 0 Å². The third kappa shape index (κ3) is 2.72. The van der Waals surface area contributed by atoms with Crippen molar-refractivity contribution in [3.05, 3.63) is 77.8 Å². The number of piperidine rings is 1. The van der Waals surface area contributed by atoms with Gasteiger partial charge in [0.1, 0.15) is 11.6 Å². The molecule has 1 aliphatic carbocycles. The van der Waals surface area contributed by atoms with Gasteiger partial charge in [-0.25, -0.2) is 4.39 Å².